The molecule has 1 N–H and O–H groups in total. The molecule has 2 amide bonds. The van der Waals surface area contributed by atoms with E-state index >= 15 is 0 Å². The highest BCUT2D eigenvalue weighted by Gasteiger charge is 2.52. The number of carbonyl (C=O) groups excluding carboxylic acids is 2. The highest BCUT2D eigenvalue weighted by molar-refractivity contribution is 6.05. The largest absolute Gasteiger partial charge is 0.347 e. The van der Waals surface area contributed by atoms with Crippen molar-refractivity contribution in [3.05, 3.63) is 18.2 Å². The van der Waals surface area contributed by atoms with Crippen LogP contribution in [0.5, 0.6) is 0 Å². The molecule has 3 rings (SSSR count). The average Bonchev–Trinajstić information content (AvgIpc) is 2.99. The minimum Gasteiger partial charge on any atom is -0.347 e. The highest BCUT2D eigenvalue weighted by atomic mass is 16.2. The van der Waals surface area contributed by atoms with Gasteiger partial charge in [0.1, 0.15) is 0 Å². The number of hydrogen-bond acceptors (Lipinski definition) is 3. The lowest BCUT2D eigenvalue weighted by atomic mass is 9.84. The molecule has 1 aliphatic carbocycles. The fraction of sp³-hybridized carbons (Fsp3) is 0.583. The van der Waals surface area contributed by atoms with Crippen LogP contribution in [-0.4, -0.2) is 26.7 Å². The summed E-state index contributed by atoms with van der Waals surface area (Å²) < 4.78 is 0. The van der Waals surface area contributed by atoms with Crippen molar-refractivity contribution >= 4 is 11.8 Å². The lowest BCUT2D eigenvalue weighted by Crippen LogP contribution is -2.34. The second kappa shape index (κ2) is 3.68. The number of H-pyrrole nitrogens is 1. The predicted octanol–water partition coefficient (Wildman–Crippen LogP) is 1.23. The van der Waals surface area contributed by atoms with E-state index in [9.17, 15) is 9.59 Å². The maximum absolute atomic E-state index is 12.3. The zero-order chi connectivity index (χ0) is 11.9. The number of hydrogen-bond donors (Lipinski definition) is 1. The van der Waals surface area contributed by atoms with Gasteiger partial charge in [-0.2, -0.15) is 0 Å². The summed E-state index contributed by atoms with van der Waals surface area (Å²) in [6.07, 6.45) is 7.49. The van der Waals surface area contributed by atoms with Crippen LogP contribution in [0.4, 0.5) is 0 Å². The van der Waals surface area contributed by atoms with Crippen molar-refractivity contribution in [2.24, 2.45) is 5.41 Å². The topological polar surface area (TPSA) is 66.1 Å². The molecule has 1 spiro atoms. The first-order valence-electron chi connectivity index (χ1n) is 6.03. The van der Waals surface area contributed by atoms with E-state index in [2.05, 4.69) is 9.97 Å². The third-order valence-electron chi connectivity index (χ3n) is 3.93. The number of likely N-dealkylation sites (tertiary alicyclic amines) is 1. The molecule has 2 aliphatic rings. The van der Waals surface area contributed by atoms with Gasteiger partial charge in [-0.3, -0.25) is 14.5 Å². The van der Waals surface area contributed by atoms with Crippen LogP contribution in [0.15, 0.2) is 12.5 Å². The van der Waals surface area contributed by atoms with E-state index in [4.69, 9.17) is 0 Å². The minimum absolute atomic E-state index is 0.0228. The van der Waals surface area contributed by atoms with Crippen molar-refractivity contribution in [1.82, 2.24) is 14.9 Å². The summed E-state index contributed by atoms with van der Waals surface area (Å²) in [6, 6.07) is 0. The van der Waals surface area contributed by atoms with Crippen molar-refractivity contribution in [2.45, 2.75) is 38.6 Å². The van der Waals surface area contributed by atoms with Gasteiger partial charge in [0.25, 0.3) is 0 Å². The number of aromatic nitrogens is 2. The van der Waals surface area contributed by atoms with Gasteiger partial charge in [-0.25, -0.2) is 4.98 Å². The molecule has 1 saturated heterocycles. The van der Waals surface area contributed by atoms with Crippen LogP contribution < -0.4 is 0 Å². The van der Waals surface area contributed by atoms with Crippen LogP contribution in [0.1, 0.15) is 37.8 Å². The summed E-state index contributed by atoms with van der Waals surface area (Å²) in [4.78, 5) is 32.5. The van der Waals surface area contributed by atoms with Crippen molar-refractivity contribution in [3.63, 3.8) is 0 Å². The Morgan fingerprint density at radius 1 is 1.35 bits per heavy atom. The van der Waals surface area contributed by atoms with Gasteiger partial charge in [0.15, 0.2) is 0 Å². The van der Waals surface area contributed by atoms with Gasteiger partial charge >= 0.3 is 0 Å². The summed E-state index contributed by atoms with van der Waals surface area (Å²) in [7, 11) is 0. The van der Waals surface area contributed by atoms with E-state index in [1.165, 1.54) is 4.90 Å². The second-order valence-electron chi connectivity index (χ2n) is 5.03. The Bertz CT molecular complexity index is 446. The molecule has 0 unspecified atom stereocenters. The summed E-state index contributed by atoms with van der Waals surface area (Å²) >= 11 is 0. The van der Waals surface area contributed by atoms with Gasteiger partial charge in [0, 0.05) is 12.6 Å². The molecule has 0 bridgehead atoms. The van der Waals surface area contributed by atoms with Crippen LogP contribution in [0.25, 0.3) is 0 Å². The minimum atomic E-state index is -0.364. The lowest BCUT2D eigenvalue weighted by molar-refractivity contribution is -0.142. The fourth-order valence-electron chi connectivity index (χ4n) is 3.00. The molecule has 1 aromatic heterocycles. The number of imide groups is 1. The number of imidazole rings is 1. The van der Waals surface area contributed by atoms with Crippen molar-refractivity contribution in [1.29, 1.82) is 0 Å². The Balaban J connectivity index is 1.82. The standard InChI is InChI=1S/C12H15N3O2/c16-10-5-12(3-1-2-4-12)11(17)15(10)7-9-6-13-8-14-9/h6,8H,1-5,7H2,(H,13,14). The molecule has 17 heavy (non-hydrogen) atoms. The van der Waals surface area contributed by atoms with E-state index in [1.54, 1.807) is 12.5 Å². The first-order chi connectivity index (χ1) is 8.21. The number of rotatable bonds is 2. The normalized spacial score (nSPS) is 22.9. The van der Waals surface area contributed by atoms with Crippen molar-refractivity contribution < 1.29 is 9.59 Å². The van der Waals surface area contributed by atoms with Crippen LogP contribution in [-0.2, 0) is 16.1 Å². The molecular weight excluding hydrogens is 218 g/mol. The number of nitrogens with zero attached hydrogens (tertiary/aromatic N) is 2. The molecule has 0 atom stereocenters. The second-order valence-corrected chi connectivity index (χ2v) is 5.03. The first-order valence-corrected chi connectivity index (χ1v) is 6.03. The smallest absolute Gasteiger partial charge is 0.236 e. The van der Waals surface area contributed by atoms with Crippen LogP contribution in [0.2, 0.25) is 0 Å². The van der Waals surface area contributed by atoms with Crippen LogP contribution in [0.3, 0.4) is 0 Å². The number of nitrogens with one attached hydrogen (secondary N) is 1. The molecule has 0 radical (unpaired) electrons. The van der Waals surface area contributed by atoms with Gasteiger partial charge in [0.2, 0.25) is 11.8 Å². The molecule has 2 heterocycles. The van der Waals surface area contributed by atoms with E-state index in [0.29, 0.717) is 13.0 Å². The van der Waals surface area contributed by atoms with E-state index < -0.39 is 0 Å². The zero-order valence-electron chi connectivity index (χ0n) is 9.61. The monoisotopic (exact) mass is 233 g/mol. The van der Waals surface area contributed by atoms with Gasteiger partial charge < -0.3 is 4.98 Å². The Labute approximate surface area is 99.2 Å². The summed E-state index contributed by atoms with van der Waals surface area (Å²) in [5, 5.41) is 0. The molecule has 1 saturated carbocycles. The van der Waals surface area contributed by atoms with E-state index in [1.807, 2.05) is 0 Å². The van der Waals surface area contributed by atoms with Crippen LogP contribution >= 0.6 is 0 Å². The number of amides is 2. The number of aromatic amines is 1. The summed E-state index contributed by atoms with van der Waals surface area (Å²) in [5.74, 6) is -0.0129. The number of carbonyl (C=O) groups is 2. The lowest BCUT2D eigenvalue weighted by Gasteiger charge is -2.20. The Morgan fingerprint density at radius 3 is 2.76 bits per heavy atom. The molecule has 0 aromatic carbocycles. The van der Waals surface area contributed by atoms with Gasteiger partial charge in [0.05, 0.1) is 24.0 Å². The zero-order valence-corrected chi connectivity index (χ0v) is 9.61. The third-order valence-corrected chi connectivity index (χ3v) is 3.93. The first kappa shape index (κ1) is 10.5. The van der Waals surface area contributed by atoms with Gasteiger partial charge in [-0.15, -0.1) is 0 Å². The molecule has 90 valence electrons. The molecule has 1 aromatic rings. The Hall–Kier alpha value is -1.65. The molecule has 2 fully saturated rings. The molecular formula is C12H15N3O2. The SMILES string of the molecule is O=C1CC2(CCCC2)C(=O)N1Cc1cnc[nH]1. The van der Waals surface area contributed by atoms with E-state index in [0.717, 1.165) is 31.4 Å². The quantitative estimate of drug-likeness (QED) is 0.781. The predicted molar refractivity (Wildman–Crippen MR) is 59.7 cm³/mol. The maximum Gasteiger partial charge on any atom is 0.236 e. The van der Waals surface area contributed by atoms with Gasteiger partial charge in [-0.1, -0.05) is 12.8 Å². The Kier molecular flexibility index (Phi) is 2.28. The van der Waals surface area contributed by atoms with Gasteiger partial charge in [-0.05, 0) is 12.8 Å². The van der Waals surface area contributed by atoms with E-state index in [-0.39, 0.29) is 17.2 Å². The molecule has 5 nitrogen and oxygen atoms in total. The third kappa shape index (κ3) is 1.57. The fourth-order valence-corrected chi connectivity index (χ4v) is 3.00. The Morgan fingerprint density at radius 2 is 2.12 bits per heavy atom. The maximum atomic E-state index is 12.3. The van der Waals surface area contributed by atoms with Crippen molar-refractivity contribution in [3.8, 4) is 0 Å². The molecule has 5 heteroatoms. The van der Waals surface area contributed by atoms with Crippen LogP contribution in [0, 0.1) is 5.41 Å². The highest BCUT2D eigenvalue weighted by Crippen LogP contribution is 2.47. The summed E-state index contributed by atoms with van der Waals surface area (Å²) in [6.45, 7) is 0.333. The average molecular weight is 233 g/mol. The van der Waals surface area contributed by atoms with Crippen molar-refractivity contribution in [2.75, 3.05) is 0 Å². The molecule has 1 aliphatic heterocycles. The summed E-state index contributed by atoms with van der Waals surface area (Å²) in [5.41, 5.74) is 0.443.